The van der Waals surface area contributed by atoms with Crippen LogP contribution in [0.4, 0.5) is 10.1 Å². The van der Waals surface area contributed by atoms with Gasteiger partial charge >= 0.3 is 0 Å². The van der Waals surface area contributed by atoms with Gasteiger partial charge in [-0.3, -0.25) is 4.79 Å². The highest BCUT2D eigenvalue weighted by Crippen LogP contribution is 2.29. The number of rotatable bonds is 3. The van der Waals surface area contributed by atoms with E-state index in [2.05, 4.69) is 5.32 Å². The Balaban J connectivity index is 1.89. The normalized spacial score (nSPS) is 17.2. The Hall–Kier alpha value is -2.25. The Morgan fingerprint density at radius 1 is 1.25 bits per heavy atom. The molecule has 1 amide bonds. The summed E-state index contributed by atoms with van der Waals surface area (Å²) in [5.41, 5.74) is 1.56. The van der Waals surface area contributed by atoms with Gasteiger partial charge in [-0.15, -0.1) is 0 Å². The summed E-state index contributed by atoms with van der Waals surface area (Å²) in [7, 11) is -3.50. The van der Waals surface area contributed by atoms with Gasteiger partial charge < -0.3 is 10.1 Å². The molecule has 0 unspecified atom stereocenters. The van der Waals surface area contributed by atoms with E-state index >= 15 is 0 Å². The molecule has 0 saturated carbocycles. The van der Waals surface area contributed by atoms with Gasteiger partial charge in [-0.2, -0.15) is 0 Å². The second-order valence-electron chi connectivity index (χ2n) is 5.60. The smallest absolute Gasteiger partial charge is 0.258 e. The molecule has 126 valence electrons. The maximum absolute atomic E-state index is 13.9. The monoisotopic (exact) mass is 349 g/mol. The Morgan fingerprint density at radius 3 is 2.75 bits per heavy atom. The molecule has 7 heteroatoms. The molecule has 1 N–H and O–H groups in total. The molecular weight excluding hydrogens is 333 g/mol. The molecule has 0 radical (unpaired) electrons. The van der Waals surface area contributed by atoms with E-state index in [-0.39, 0.29) is 10.6 Å². The van der Waals surface area contributed by atoms with Gasteiger partial charge in [-0.25, -0.2) is 12.8 Å². The van der Waals surface area contributed by atoms with Crippen molar-refractivity contribution in [3.8, 4) is 0 Å². The number of amides is 1. The first kappa shape index (κ1) is 16.6. The first-order chi connectivity index (χ1) is 11.4. The van der Waals surface area contributed by atoms with Crippen LogP contribution in [0.1, 0.15) is 17.2 Å². The highest BCUT2D eigenvalue weighted by molar-refractivity contribution is 7.90. The maximum atomic E-state index is 13.9. The van der Waals surface area contributed by atoms with Gasteiger partial charge in [0.2, 0.25) is 0 Å². The lowest BCUT2D eigenvalue weighted by Gasteiger charge is -2.25. The Labute approximate surface area is 139 Å². The number of halogens is 1. The third kappa shape index (κ3) is 3.32. The summed E-state index contributed by atoms with van der Waals surface area (Å²) >= 11 is 0. The van der Waals surface area contributed by atoms with E-state index in [0.29, 0.717) is 13.0 Å². The van der Waals surface area contributed by atoms with Gasteiger partial charge in [0.25, 0.3) is 5.91 Å². The van der Waals surface area contributed by atoms with Gasteiger partial charge in [0, 0.05) is 6.26 Å². The number of hydrogen-bond donors (Lipinski definition) is 1. The fourth-order valence-electron chi connectivity index (χ4n) is 2.64. The topological polar surface area (TPSA) is 72.5 Å². The molecule has 3 rings (SSSR count). The fraction of sp³-hybridized carbons (Fsp3) is 0.235. The summed E-state index contributed by atoms with van der Waals surface area (Å²) in [6.07, 6.45) is 0.876. The molecule has 0 aromatic heterocycles. The van der Waals surface area contributed by atoms with Crippen LogP contribution in [0.2, 0.25) is 0 Å². The molecule has 0 spiro atoms. The zero-order valence-electron chi connectivity index (χ0n) is 13.0. The summed E-state index contributed by atoms with van der Waals surface area (Å²) in [6.45, 7) is 0.390. The van der Waals surface area contributed by atoms with Crippen molar-refractivity contribution in [2.24, 2.45) is 0 Å². The number of hydrogen-bond acceptors (Lipinski definition) is 4. The number of ether oxygens (including phenoxy) is 1. The van der Waals surface area contributed by atoms with Gasteiger partial charge in [0.15, 0.2) is 15.9 Å². The molecule has 1 aliphatic rings. The molecule has 1 heterocycles. The van der Waals surface area contributed by atoms with Crippen LogP contribution in [0.15, 0.2) is 47.4 Å². The Bertz CT molecular complexity index is 895. The number of sulfone groups is 1. The molecule has 2 aromatic rings. The third-order valence-corrected chi connectivity index (χ3v) is 4.97. The first-order valence-corrected chi connectivity index (χ1v) is 9.25. The highest BCUT2D eigenvalue weighted by Gasteiger charge is 2.28. The van der Waals surface area contributed by atoms with Crippen molar-refractivity contribution in [1.82, 2.24) is 0 Å². The van der Waals surface area contributed by atoms with E-state index in [4.69, 9.17) is 4.74 Å². The second kappa shape index (κ2) is 6.33. The quantitative estimate of drug-likeness (QED) is 0.864. The highest BCUT2D eigenvalue weighted by atomic mass is 32.2. The van der Waals surface area contributed by atoms with Crippen LogP contribution in [0, 0.1) is 5.82 Å². The standard InChI is InChI=1S/C17H16FNO4S/c1-24(21,22)12-6-7-14(18)15(10-12)19-17(20)16-13-5-3-2-4-11(13)8-9-23-16/h2-7,10,16H,8-9H2,1H3,(H,19,20)/t16-/m1/s1. The number of carbonyl (C=O) groups is 1. The fourth-order valence-corrected chi connectivity index (χ4v) is 3.29. The molecule has 5 nitrogen and oxygen atoms in total. The summed E-state index contributed by atoms with van der Waals surface area (Å²) in [6, 6.07) is 10.7. The maximum Gasteiger partial charge on any atom is 0.258 e. The average molecular weight is 349 g/mol. The van der Waals surface area contributed by atoms with Crippen LogP contribution in [-0.4, -0.2) is 27.2 Å². The van der Waals surface area contributed by atoms with E-state index in [0.717, 1.165) is 35.6 Å². The summed E-state index contributed by atoms with van der Waals surface area (Å²) in [5.74, 6) is -1.24. The predicted molar refractivity (Wildman–Crippen MR) is 87.0 cm³/mol. The molecule has 1 aliphatic heterocycles. The molecule has 24 heavy (non-hydrogen) atoms. The molecular formula is C17H16FNO4S. The summed E-state index contributed by atoms with van der Waals surface area (Å²) in [5, 5.41) is 2.43. The molecule has 1 atom stereocenters. The SMILES string of the molecule is CS(=O)(=O)c1ccc(F)c(NC(=O)[C@@H]2OCCc3ccccc32)c1. The van der Waals surface area contributed by atoms with Crippen LogP contribution in [0.5, 0.6) is 0 Å². The van der Waals surface area contributed by atoms with Gasteiger partial charge in [0.1, 0.15) is 5.82 Å². The van der Waals surface area contributed by atoms with Crippen molar-refractivity contribution in [3.63, 3.8) is 0 Å². The van der Waals surface area contributed by atoms with Crippen molar-refractivity contribution >= 4 is 21.4 Å². The van der Waals surface area contributed by atoms with Crippen LogP contribution >= 0.6 is 0 Å². The lowest BCUT2D eigenvalue weighted by molar-refractivity contribution is -0.128. The van der Waals surface area contributed by atoms with E-state index in [1.165, 1.54) is 0 Å². The van der Waals surface area contributed by atoms with Crippen molar-refractivity contribution < 1.29 is 22.3 Å². The molecule has 2 aromatic carbocycles. The van der Waals surface area contributed by atoms with Crippen molar-refractivity contribution in [1.29, 1.82) is 0 Å². The second-order valence-corrected chi connectivity index (χ2v) is 7.62. The molecule has 0 saturated heterocycles. The predicted octanol–water partition coefficient (Wildman–Crippen LogP) is 2.48. The van der Waals surface area contributed by atoms with Crippen molar-refractivity contribution in [3.05, 3.63) is 59.4 Å². The van der Waals surface area contributed by atoms with Gasteiger partial charge in [0.05, 0.1) is 17.2 Å². The largest absolute Gasteiger partial charge is 0.363 e. The zero-order valence-corrected chi connectivity index (χ0v) is 13.8. The Kier molecular flexibility index (Phi) is 4.38. The lowest BCUT2D eigenvalue weighted by Crippen LogP contribution is -2.28. The zero-order chi connectivity index (χ0) is 17.3. The molecule has 0 fully saturated rings. The number of fused-ring (bicyclic) bond motifs is 1. The average Bonchev–Trinajstić information content (AvgIpc) is 2.55. The van der Waals surface area contributed by atoms with Crippen molar-refractivity contribution in [2.45, 2.75) is 17.4 Å². The minimum absolute atomic E-state index is 0.0656. The van der Waals surface area contributed by atoms with E-state index in [9.17, 15) is 17.6 Å². The number of anilines is 1. The Morgan fingerprint density at radius 2 is 2.00 bits per heavy atom. The number of benzene rings is 2. The van der Waals surface area contributed by atoms with E-state index in [1.54, 1.807) is 12.1 Å². The molecule has 0 aliphatic carbocycles. The van der Waals surface area contributed by atoms with Gasteiger partial charge in [-0.1, -0.05) is 24.3 Å². The van der Waals surface area contributed by atoms with Crippen LogP contribution in [0.3, 0.4) is 0 Å². The van der Waals surface area contributed by atoms with Gasteiger partial charge in [-0.05, 0) is 35.7 Å². The van der Waals surface area contributed by atoms with Crippen LogP contribution in [-0.2, 0) is 25.8 Å². The minimum atomic E-state index is -3.50. The van der Waals surface area contributed by atoms with Crippen LogP contribution in [0.25, 0.3) is 0 Å². The third-order valence-electron chi connectivity index (χ3n) is 3.86. The van der Waals surface area contributed by atoms with Crippen molar-refractivity contribution in [2.75, 3.05) is 18.2 Å². The number of carbonyl (C=O) groups excluding carboxylic acids is 1. The summed E-state index contributed by atoms with van der Waals surface area (Å²) in [4.78, 5) is 12.4. The summed E-state index contributed by atoms with van der Waals surface area (Å²) < 4.78 is 42.6. The number of nitrogens with one attached hydrogen (secondary N) is 1. The van der Waals surface area contributed by atoms with E-state index < -0.39 is 27.7 Å². The molecule has 0 bridgehead atoms. The lowest BCUT2D eigenvalue weighted by atomic mass is 9.97. The minimum Gasteiger partial charge on any atom is -0.363 e. The first-order valence-electron chi connectivity index (χ1n) is 7.36. The van der Waals surface area contributed by atoms with Crippen LogP contribution < -0.4 is 5.32 Å². The van der Waals surface area contributed by atoms with E-state index in [1.807, 2.05) is 12.1 Å².